The van der Waals surface area contributed by atoms with Crippen LogP contribution in [-0.2, 0) is 44.7 Å². The first kappa shape index (κ1) is 62.7. The van der Waals surface area contributed by atoms with Gasteiger partial charge in [0.25, 0.3) is 0 Å². The number of ether oxygens (including phenoxy) is 5. The lowest BCUT2D eigenvalue weighted by molar-refractivity contribution is -0.146. The van der Waals surface area contributed by atoms with Gasteiger partial charge in [0, 0.05) is 41.8 Å². The van der Waals surface area contributed by atoms with Gasteiger partial charge in [-0.1, -0.05) is 47.5 Å². The molecule has 0 radical (unpaired) electrons. The zero-order valence-corrected chi connectivity index (χ0v) is 50.4. The predicted octanol–water partition coefficient (Wildman–Crippen LogP) is 5.84. The number of carbonyl (C=O) groups is 7. The van der Waals surface area contributed by atoms with E-state index in [0.717, 1.165) is 69.4 Å². The molecule has 8 atom stereocenters. The van der Waals surface area contributed by atoms with Gasteiger partial charge in [-0.3, -0.25) is 33.7 Å². The molecule has 1 fully saturated rings. The van der Waals surface area contributed by atoms with Crippen molar-refractivity contribution in [2.24, 2.45) is 5.73 Å². The van der Waals surface area contributed by atoms with Crippen LogP contribution in [0.4, 0.5) is 0 Å². The number of esters is 1. The first-order valence-corrected chi connectivity index (χ1v) is 29.9. The molecule has 7 aromatic rings. The number of phenolic OH excluding ortho intramolecular Hbond substituents is 5. The monoisotopic (exact) mass is 1310 g/mol. The summed E-state index contributed by atoms with van der Waals surface area (Å²) in [5.41, 5.74) is 5.21. The molecule has 17 bridgehead atoms. The SMILES string of the molecule is COC(=O)[C@@H]1NC(=O)[C@H]2NC(=O)[C@H](NC(=O)[C@@H]3NC(=O)[C@H]4NC(=O)[C@@H](Cc5ccc(c(Cl)c5)Oc5cc3cc(c5OCCN3CCCC3)Oc3ccc(cc3Cl)[C@H]2O)NC(=O)[C@@H](N)c2ccc(O)c(c2)Oc2cc(O)cc4c2)c2ccc(O)c(c2)-c2c(O)cc(O)cc21. The van der Waals surface area contributed by atoms with Crippen molar-refractivity contribution in [1.82, 2.24) is 36.8 Å². The lowest BCUT2D eigenvalue weighted by Gasteiger charge is -2.31. The molecule has 6 amide bonds. The van der Waals surface area contributed by atoms with E-state index >= 15 is 19.2 Å². The van der Waals surface area contributed by atoms with Crippen LogP contribution in [-0.4, -0.2) is 122 Å². The van der Waals surface area contributed by atoms with Gasteiger partial charge in [0.15, 0.2) is 29.0 Å². The highest BCUT2D eigenvalue weighted by Crippen LogP contribution is 2.49. The highest BCUT2D eigenvalue weighted by molar-refractivity contribution is 6.32. The molecule has 7 heterocycles. The number of fused-ring (bicyclic) bond motifs is 14. The molecule has 26 nitrogen and oxygen atoms in total. The Morgan fingerprint density at radius 3 is 1.86 bits per heavy atom. The van der Waals surface area contributed by atoms with Crippen molar-refractivity contribution in [3.63, 3.8) is 0 Å². The van der Waals surface area contributed by atoms with Crippen LogP contribution in [0.15, 0.2) is 115 Å². The summed E-state index contributed by atoms with van der Waals surface area (Å²) in [5, 5.41) is 84.2. The third-order valence-corrected chi connectivity index (χ3v) is 17.1. The molecule has 14 N–H and O–H groups in total. The number of likely N-dealkylation sites (tertiary alicyclic amines) is 1. The average Bonchev–Trinajstić information content (AvgIpc) is 0.910. The van der Waals surface area contributed by atoms with E-state index in [0.29, 0.717) is 12.1 Å². The molecule has 0 aromatic heterocycles. The fraction of sp³-hybridized carbons (Fsp3) is 0.246. The molecular formula is C65H58Cl2N8O18. The van der Waals surface area contributed by atoms with Crippen molar-refractivity contribution in [2.45, 2.75) is 67.7 Å². The number of nitrogens with one attached hydrogen (secondary N) is 6. The Kier molecular flexibility index (Phi) is 17.3. The maximum Gasteiger partial charge on any atom is 0.333 e. The number of nitrogens with two attached hydrogens (primary N) is 1. The van der Waals surface area contributed by atoms with Gasteiger partial charge in [0.1, 0.15) is 89.2 Å². The van der Waals surface area contributed by atoms with Crippen LogP contribution in [0.25, 0.3) is 11.1 Å². The maximum absolute atomic E-state index is 16.1. The summed E-state index contributed by atoms with van der Waals surface area (Å²) in [4.78, 5) is 107. The Bertz CT molecular complexity index is 4240. The minimum absolute atomic E-state index is 0.0194. The normalized spacial score (nSPS) is 22.2. The van der Waals surface area contributed by atoms with Crippen LogP contribution in [0.5, 0.6) is 69.0 Å². The first-order valence-electron chi connectivity index (χ1n) is 29.1. The van der Waals surface area contributed by atoms with Gasteiger partial charge in [-0.05, 0) is 138 Å². The van der Waals surface area contributed by atoms with Gasteiger partial charge < -0.3 is 92.0 Å². The summed E-state index contributed by atoms with van der Waals surface area (Å²) in [6, 6.07) is 10.3. The largest absolute Gasteiger partial charge is 0.508 e. The number of hydrogen-bond acceptors (Lipinski definition) is 20. The third kappa shape index (κ3) is 12.8. The fourth-order valence-corrected chi connectivity index (χ4v) is 12.2. The van der Waals surface area contributed by atoms with E-state index in [2.05, 4.69) is 36.8 Å². The van der Waals surface area contributed by atoms with E-state index in [1.165, 1.54) is 72.8 Å². The van der Waals surface area contributed by atoms with Crippen molar-refractivity contribution in [3.05, 3.63) is 164 Å². The molecule has 0 saturated carbocycles. The second-order valence-electron chi connectivity index (χ2n) is 22.7. The van der Waals surface area contributed by atoms with E-state index in [4.69, 9.17) is 52.6 Å². The van der Waals surface area contributed by atoms with Gasteiger partial charge in [0.2, 0.25) is 41.2 Å². The summed E-state index contributed by atoms with van der Waals surface area (Å²) < 4.78 is 31.0. The number of methoxy groups -OCH3 is 1. The van der Waals surface area contributed by atoms with Crippen LogP contribution in [0, 0.1) is 0 Å². The number of benzene rings is 7. The lowest BCUT2D eigenvalue weighted by atomic mass is 9.89. The quantitative estimate of drug-likeness (QED) is 0.0900. The van der Waals surface area contributed by atoms with Gasteiger partial charge in [-0.25, -0.2) is 4.79 Å². The zero-order chi connectivity index (χ0) is 65.7. The summed E-state index contributed by atoms with van der Waals surface area (Å²) in [5.74, 6) is -12.1. The molecule has 1 saturated heterocycles. The zero-order valence-electron chi connectivity index (χ0n) is 48.9. The average molecular weight is 1310 g/mol. The van der Waals surface area contributed by atoms with Gasteiger partial charge in [-0.15, -0.1) is 0 Å². The number of carbonyl (C=O) groups excluding carboxylic acids is 7. The number of phenols is 5. The minimum Gasteiger partial charge on any atom is -0.508 e. The van der Waals surface area contributed by atoms with Crippen LogP contribution in [0.3, 0.4) is 0 Å². The summed E-state index contributed by atoms with van der Waals surface area (Å²) in [7, 11) is 0.984. The van der Waals surface area contributed by atoms with Crippen molar-refractivity contribution in [3.8, 4) is 80.1 Å². The Morgan fingerprint density at radius 2 is 1.17 bits per heavy atom. The molecule has 480 valence electrons. The van der Waals surface area contributed by atoms with E-state index in [-0.39, 0.29) is 108 Å². The second kappa shape index (κ2) is 25.6. The smallest absolute Gasteiger partial charge is 0.333 e. The van der Waals surface area contributed by atoms with Crippen LogP contribution >= 0.6 is 23.2 Å². The molecule has 0 aliphatic carbocycles. The minimum atomic E-state index is -2.12. The van der Waals surface area contributed by atoms with Gasteiger partial charge in [-0.2, -0.15) is 0 Å². The predicted molar refractivity (Wildman–Crippen MR) is 329 cm³/mol. The Morgan fingerprint density at radius 1 is 0.570 bits per heavy atom. The van der Waals surface area contributed by atoms with Crippen LogP contribution in [0.1, 0.15) is 88.1 Å². The van der Waals surface area contributed by atoms with E-state index in [9.17, 15) is 45.0 Å². The molecule has 93 heavy (non-hydrogen) atoms. The van der Waals surface area contributed by atoms with Crippen LogP contribution < -0.4 is 56.6 Å². The summed E-state index contributed by atoms with van der Waals surface area (Å²) >= 11 is 14.2. The summed E-state index contributed by atoms with van der Waals surface area (Å²) in [6.45, 7) is 2.01. The van der Waals surface area contributed by atoms with E-state index in [1.807, 2.05) is 0 Å². The second-order valence-corrected chi connectivity index (χ2v) is 23.5. The molecular weight excluding hydrogens is 1250 g/mol. The number of halogens is 2. The van der Waals surface area contributed by atoms with Crippen molar-refractivity contribution >= 4 is 64.6 Å². The molecule has 7 aromatic carbocycles. The standard InChI is InChI=1S/C65H58Cl2N8O18/c1-89-65(88)55-38-26-35(77)27-44(80)50(38)37-20-30(6-8-42(37)78)52-61(84)74-56(64(87)73-55)57(81)31-7-11-46(40(67)21-31)93-49-24-33-23-48(58(49)90-15-14-75-12-2-3-13-75)92-45-10-4-28(16-39(45)66)17-41-59(82)70-53(62(85)72-54(33)63(86)71-52)32-18-34(76)25-36(19-32)91-47-22-29(5-9-43(47)79)51(68)60(83)69-41/h4-11,16,18-27,41,51-57,76-81H,2-3,12-15,17,68H2,1H3,(H,69,83)(H,70,82)(H,71,86)(H,72,85)(H,73,87)(H,74,84)/t41-,51+,52-,53+,54-,55-,56+,57-/m1/s1. The first-order chi connectivity index (χ1) is 44.6. The van der Waals surface area contributed by atoms with E-state index in [1.54, 1.807) is 6.07 Å². The van der Waals surface area contributed by atoms with Crippen molar-refractivity contribution in [2.75, 3.05) is 33.4 Å². The molecule has 7 aliphatic heterocycles. The number of aliphatic hydroxyl groups excluding tert-OH is 1. The topological polar surface area (TPSA) is 388 Å². The molecule has 0 unspecified atom stereocenters. The molecule has 28 heteroatoms. The Labute approximate surface area is 538 Å². The van der Waals surface area contributed by atoms with Crippen LogP contribution in [0.2, 0.25) is 10.0 Å². The van der Waals surface area contributed by atoms with Crippen molar-refractivity contribution in [1.29, 1.82) is 0 Å². The maximum atomic E-state index is 16.1. The van der Waals surface area contributed by atoms with Gasteiger partial charge in [0.05, 0.1) is 17.2 Å². The van der Waals surface area contributed by atoms with E-state index < -0.39 is 119 Å². The molecule has 14 rings (SSSR count). The number of aromatic hydroxyl groups is 5. The highest BCUT2D eigenvalue weighted by Gasteiger charge is 2.42. The number of aliphatic hydroxyl groups is 1. The summed E-state index contributed by atoms with van der Waals surface area (Å²) in [6.07, 6.45) is -0.473. The number of nitrogens with zero attached hydrogens (tertiary/aromatic N) is 1. The third-order valence-electron chi connectivity index (χ3n) is 16.5. The fourth-order valence-electron chi connectivity index (χ4n) is 11.8. The van der Waals surface area contributed by atoms with Gasteiger partial charge >= 0.3 is 5.97 Å². The Balaban J connectivity index is 1.10. The Hall–Kier alpha value is -10.5. The van der Waals surface area contributed by atoms with Crippen molar-refractivity contribution < 1.29 is 87.9 Å². The molecule has 7 aliphatic rings. The number of hydrogen-bond donors (Lipinski definition) is 13. The lowest BCUT2D eigenvalue weighted by Crippen LogP contribution is -2.55. The molecule has 0 spiro atoms. The number of amides is 6. The number of rotatable bonds is 5. The highest BCUT2D eigenvalue weighted by atomic mass is 35.5.